The second-order valence-electron chi connectivity index (χ2n) is 8.94. The third kappa shape index (κ3) is 3.04. The van der Waals surface area contributed by atoms with Crippen molar-refractivity contribution in [3.05, 3.63) is 81.7 Å². The number of nitrogens with zero attached hydrogens (tertiary/aromatic N) is 4. The number of hydrazone groups is 1. The predicted octanol–water partition coefficient (Wildman–Crippen LogP) is 5.56. The zero-order valence-corrected chi connectivity index (χ0v) is 20.0. The van der Waals surface area contributed by atoms with Crippen molar-refractivity contribution in [3.63, 3.8) is 0 Å². The van der Waals surface area contributed by atoms with Crippen LogP contribution in [-0.2, 0) is 11.2 Å². The average Bonchev–Trinajstić information content (AvgIpc) is 3.54. The van der Waals surface area contributed by atoms with E-state index in [0.717, 1.165) is 56.0 Å². The Kier molecular flexibility index (Phi) is 4.51. The molecule has 1 atom stereocenters. The van der Waals surface area contributed by atoms with Crippen LogP contribution in [0, 0.1) is 5.82 Å². The van der Waals surface area contributed by atoms with Crippen molar-refractivity contribution in [2.75, 3.05) is 16.5 Å². The van der Waals surface area contributed by atoms with E-state index < -0.39 is 0 Å². The smallest absolute Gasteiger partial charge is 0.239 e. The summed E-state index contributed by atoms with van der Waals surface area (Å²) < 4.78 is 19.7. The van der Waals surface area contributed by atoms with Crippen molar-refractivity contribution in [2.45, 2.75) is 25.2 Å². The van der Waals surface area contributed by atoms with Gasteiger partial charge < -0.3 is 9.42 Å². The fourth-order valence-corrected chi connectivity index (χ4v) is 5.78. The molecule has 1 amide bonds. The number of amidine groups is 1. The predicted molar refractivity (Wildman–Crippen MR) is 134 cm³/mol. The second kappa shape index (κ2) is 7.64. The standard InChI is InChI=1S/C26H19BrFN5O2/c27-14-7-10-21-22(11-14)33-24-16(3-1-5-19(24)25-30-29-13-32(21)25)17(26(33)34)4-2-6-20-18-9-8-15(28)12-23(18)35-31-20/h1,3,5,7-12,17,29H,2,4,6,13H2. The van der Waals surface area contributed by atoms with E-state index >= 15 is 0 Å². The number of rotatable bonds is 4. The third-order valence-corrected chi connectivity index (χ3v) is 7.47. The summed E-state index contributed by atoms with van der Waals surface area (Å²) in [5, 5.41) is 9.51. The van der Waals surface area contributed by atoms with E-state index in [1.54, 1.807) is 6.07 Å². The van der Waals surface area contributed by atoms with Gasteiger partial charge >= 0.3 is 0 Å². The summed E-state index contributed by atoms with van der Waals surface area (Å²) in [5.41, 5.74) is 8.98. The number of hydrogen-bond donors (Lipinski definition) is 1. The number of carbonyl (C=O) groups excluding carboxylic acids is 1. The third-order valence-electron chi connectivity index (χ3n) is 6.98. The maximum Gasteiger partial charge on any atom is 0.239 e. The Balaban J connectivity index is 1.25. The lowest BCUT2D eigenvalue weighted by atomic mass is 9.92. The van der Waals surface area contributed by atoms with Crippen LogP contribution < -0.4 is 15.2 Å². The molecule has 0 saturated heterocycles. The minimum Gasteiger partial charge on any atom is -0.356 e. The van der Waals surface area contributed by atoms with Crippen LogP contribution in [0.4, 0.5) is 21.5 Å². The van der Waals surface area contributed by atoms with Crippen molar-refractivity contribution < 1.29 is 13.7 Å². The van der Waals surface area contributed by atoms with Gasteiger partial charge in [0.2, 0.25) is 5.91 Å². The van der Waals surface area contributed by atoms with E-state index in [1.165, 1.54) is 12.1 Å². The van der Waals surface area contributed by atoms with E-state index in [-0.39, 0.29) is 17.6 Å². The fraction of sp³-hybridized carbons (Fsp3) is 0.192. The number of para-hydroxylation sites is 1. The molecule has 3 aromatic carbocycles. The van der Waals surface area contributed by atoms with Crippen molar-refractivity contribution >= 4 is 55.7 Å². The highest BCUT2D eigenvalue weighted by atomic mass is 79.9. The lowest BCUT2D eigenvalue weighted by Crippen LogP contribution is -2.30. The van der Waals surface area contributed by atoms with Gasteiger partial charge in [0, 0.05) is 21.5 Å². The largest absolute Gasteiger partial charge is 0.356 e. The number of aromatic nitrogens is 1. The normalized spacial score (nSPS) is 17.7. The molecule has 1 unspecified atom stereocenters. The molecule has 0 fully saturated rings. The number of amides is 1. The summed E-state index contributed by atoms with van der Waals surface area (Å²) >= 11 is 3.58. The van der Waals surface area contributed by atoms with Crippen LogP contribution in [0.3, 0.4) is 0 Å². The minimum atomic E-state index is -0.349. The van der Waals surface area contributed by atoms with E-state index in [1.807, 2.05) is 41.3 Å². The van der Waals surface area contributed by atoms with E-state index in [2.05, 4.69) is 36.5 Å². The van der Waals surface area contributed by atoms with Crippen LogP contribution in [0.2, 0.25) is 0 Å². The minimum absolute atomic E-state index is 0.0635. The molecule has 174 valence electrons. The van der Waals surface area contributed by atoms with Crippen LogP contribution in [0.5, 0.6) is 0 Å². The zero-order chi connectivity index (χ0) is 23.7. The Morgan fingerprint density at radius 1 is 1.14 bits per heavy atom. The monoisotopic (exact) mass is 531 g/mol. The first-order valence-corrected chi connectivity index (χ1v) is 12.3. The summed E-state index contributed by atoms with van der Waals surface area (Å²) in [5.74, 6) is 0.267. The fourth-order valence-electron chi connectivity index (χ4n) is 5.43. The number of halogens is 2. The van der Waals surface area contributed by atoms with E-state index in [4.69, 9.17) is 4.52 Å². The number of hydrogen-bond acceptors (Lipinski definition) is 6. The summed E-state index contributed by atoms with van der Waals surface area (Å²) in [6.07, 6.45) is 2.05. The van der Waals surface area contributed by atoms with Gasteiger partial charge in [0.05, 0.1) is 28.7 Å². The number of fused-ring (bicyclic) bond motifs is 6. The molecule has 4 aromatic rings. The number of nitrogens with one attached hydrogen (secondary N) is 1. The van der Waals surface area contributed by atoms with Crippen molar-refractivity contribution in [1.82, 2.24) is 10.6 Å². The molecule has 0 bridgehead atoms. The first kappa shape index (κ1) is 20.6. The number of anilines is 3. The maximum atomic E-state index is 13.9. The highest BCUT2D eigenvalue weighted by molar-refractivity contribution is 9.10. The SMILES string of the molecule is O=C1C(CCCc2noc3cc(F)ccc23)c2cccc3c2N1c1cc(Br)ccc1N1CNN=C31. The molecule has 1 aromatic heterocycles. The van der Waals surface area contributed by atoms with Crippen molar-refractivity contribution in [2.24, 2.45) is 5.10 Å². The van der Waals surface area contributed by atoms with Gasteiger partial charge in [-0.25, -0.2) is 4.39 Å². The molecule has 3 aliphatic heterocycles. The lowest BCUT2D eigenvalue weighted by molar-refractivity contribution is -0.118. The first-order chi connectivity index (χ1) is 17.1. The Labute approximate surface area is 208 Å². The van der Waals surface area contributed by atoms with Crippen LogP contribution in [-0.4, -0.2) is 23.6 Å². The Morgan fingerprint density at radius 2 is 2.06 bits per heavy atom. The van der Waals surface area contributed by atoms with Gasteiger partial charge in [-0.3, -0.25) is 15.1 Å². The summed E-state index contributed by atoms with van der Waals surface area (Å²) in [6, 6.07) is 16.5. The number of carbonyl (C=O) groups is 1. The summed E-state index contributed by atoms with van der Waals surface area (Å²) in [6.45, 7) is 0.550. The van der Waals surface area contributed by atoms with Crippen LogP contribution in [0.1, 0.15) is 35.6 Å². The lowest BCUT2D eigenvalue weighted by Gasteiger charge is -2.23. The average molecular weight is 532 g/mol. The van der Waals surface area contributed by atoms with Crippen molar-refractivity contribution in [1.29, 1.82) is 0 Å². The van der Waals surface area contributed by atoms with E-state index in [0.29, 0.717) is 25.1 Å². The first-order valence-electron chi connectivity index (χ1n) is 11.5. The van der Waals surface area contributed by atoms with Crippen LogP contribution in [0.25, 0.3) is 11.0 Å². The molecular weight excluding hydrogens is 513 g/mol. The summed E-state index contributed by atoms with van der Waals surface area (Å²) in [7, 11) is 0. The molecule has 9 heteroatoms. The Bertz CT molecular complexity index is 1560. The topological polar surface area (TPSA) is 74.0 Å². The molecular formula is C26H19BrFN5O2. The van der Waals surface area contributed by atoms with Gasteiger partial charge in [-0.05, 0) is 61.2 Å². The van der Waals surface area contributed by atoms with E-state index in [9.17, 15) is 9.18 Å². The Morgan fingerprint density at radius 3 is 2.97 bits per heavy atom. The molecule has 4 heterocycles. The van der Waals surface area contributed by atoms with Crippen molar-refractivity contribution in [3.8, 4) is 0 Å². The van der Waals surface area contributed by atoms with Gasteiger partial charge in [-0.2, -0.15) is 5.10 Å². The Hall–Kier alpha value is -3.72. The van der Waals surface area contributed by atoms with Crippen LogP contribution >= 0.6 is 15.9 Å². The maximum absolute atomic E-state index is 13.9. The van der Waals surface area contributed by atoms with Gasteiger partial charge in [0.25, 0.3) is 0 Å². The molecule has 7 rings (SSSR count). The molecule has 1 N–H and O–H groups in total. The van der Waals surface area contributed by atoms with Gasteiger partial charge in [0.1, 0.15) is 12.5 Å². The number of benzene rings is 3. The van der Waals surface area contributed by atoms with Gasteiger partial charge in [-0.1, -0.05) is 33.2 Å². The zero-order valence-electron chi connectivity index (χ0n) is 18.5. The van der Waals surface area contributed by atoms with Gasteiger partial charge in [0.15, 0.2) is 11.4 Å². The molecule has 35 heavy (non-hydrogen) atoms. The van der Waals surface area contributed by atoms with Gasteiger partial charge in [-0.15, -0.1) is 0 Å². The summed E-state index contributed by atoms with van der Waals surface area (Å²) in [4.78, 5) is 17.9. The molecule has 0 radical (unpaired) electrons. The molecule has 0 aliphatic carbocycles. The second-order valence-corrected chi connectivity index (χ2v) is 9.86. The molecule has 0 saturated carbocycles. The highest BCUT2D eigenvalue weighted by Gasteiger charge is 2.44. The quantitative estimate of drug-likeness (QED) is 0.373. The highest BCUT2D eigenvalue weighted by Crippen LogP contribution is 2.51. The molecule has 0 spiro atoms. The molecule has 7 nitrogen and oxygen atoms in total. The van der Waals surface area contributed by atoms with Crippen LogP contribution in [0.15, 0.2) is 68.7 Å². The molecule has 3 aliphatic rings. The number of aryl methyl sites for hydroxylation is 1.